The van der Waals surface area contributed by atoms with E-state index in [-0.39, 0.29) is 0 Å². The minimum Gasteiger partial charge on any atom is -0.360 e. The SMILES string of the molecule is Cc1cc(CNCCCc2ccccc2)on1. The Bertz CT molecular complexity index is 436. The molecule has 0 aliphatic carbocycles. The molecule has 0 amide bonds. The van der Waals surface area contributed by atoms with Crippen molar-refractivity contribution in [3.05, 3.63) is 53.4 Å². The van der Waals surface area contributed by atoms with Gasteiger partial charge in [-0.25, -0.2) is 0 Å². The van der Waals surface area contributed by atoms with E-state index in [2.05, 4.69) is 34.7 Å². The van der Waals surface area contributed by atoms with Crippen LogP contribution in [-0.2, 0) is 13.0 Å². The Morgan fingerprint density at radius 2 is 2.06 bits per heavy atom. The summed E-state index contributed by atoms with van der Waals surface area (Å²) in [5.41, 5.74) is 2.33. The van der Waals surface area contributed by atoms with Crippen LogP contribution >= 0.6 is 0 Å². The molecular formula is C14H18N2O. The van der Waals surface area contributed by atoms with Crippen LogP contribution < -0.4 is 5.32 Å². The van der Waals surface area contributed by atoms with Crippen LogP contribution in [0.15, 0.2) is 40.9 Å². The van der Waals surface area contributed by atoms with E-state index < -0.39 is 0 Å². The molecule has 90 valence electrons. The lowest BCUT2D eigenvalue weighted by atomic mass is 10.1. The molecule has 0 radical (unpaired) electrons. The molecule has 0 atom stereocenters. The fourth-order valence-electron chi connectivity index (χ4n) is 1.77. The minimum absolute atomic E-state index is 0.760. The quantitative estimate of drug-likeness (QED) is 0.775. The minimum atomic E-state index is 0.760. The molecule has 1 heterocycles. The average molecular weight is 230 g/mol. The standard InChI is InChI=1S/C14H18N2O/c1-12-10-14(17-16-12)11-15-9-5-8-13-6-3-2-4-7-13/h2-4,6-7,10,15H,5,8-9,11H2,1H3. The van der Waals surface area contributed by atoms with Crippen LogP contribution in [0.3, 0.4) is 0 Å². The summed E-state index contributed by atoms with van der Waals surface area (Å²) in [6, 6.07) is 12.5. The average Bonchev–Trinajstić information content (AvgIpc) is 2.76. The van der Waals surface area contributed by atoms with Crippen LogP contribution in [0.2, 0.25) is 0 Å². The molecule has 0 saturated heterocycles. The number of nitrogens with one attached hydrogen (secondary N) is 1. The molecule has 1 aromatic heterocycles. The first kappa shape index (κ1) is 11.9. The number of aromatic nitrogens is 1. The molecule has 0 aliphatic heterocycles. The molecule has 0 unspecified atom stereocenters. The molecular weight excluding hydrogens is 212 g/mol. The van der Waals surface area contributed by atoms with Gasteiger partial charge in [0.15, 0.2) is 5.76 Å². The first-order chi connectivity index (χ1) is 8.34. The van der Waals surface area contributed by atoms with Crippen molar-refractivity contribution in [2.75, 3.05) is 6.54 Å². The van der Waals surface area contributed by atoms with Crippen LogP contribution in [0.25, 0.3) is 0 Å². The zero-order chi connectivity index (χ0) is 11.9. The van der Waals surface area contributed by atoms with Gasteiger partial charge in [0.05, 0.1) is 12.2 Å². The van der Waals surface area contributed by atoms with E-state index in [0.717, 1.165) is 37.4 Å². The zero-order valence-electron chi connectivity index (χ0n) is 10.1. The van der Waals surface area contributed by atoms with E-state index in [9.17, 15) is 0 Å². The normalized spacial score (nSPS) is 10.6. The van der Waals surface area contributed by atoms with Gasteiger partial charge in [0.2, 0.25) is 0 Å². The Kier molecular flexibility index (Phi) is 4.33. The number of hydrogen-bond donors (Lipinski definition) is 1. The maximum atomic E-state index is 5.12. The van der Waals surface area contributed by atoms with Crippen molar-refractivity contribution < 1.29 is 4.52 Å². The van der Waals surface area contributed by atoms with Gasteiger partial charge in [0.25, 0.3) is 0 Å². The van der Waals surface area contributed by atoms with E-state index in [1.807, 2.05) is 19.1 Å². The molecule has 0 aliphatic rings. The van der Waals surface area contributed by atoms with Crippen molar-refractivity contribution in [1.82, 2.24) is 10.5 Å². The van der Waals surface area contributed by atoms with Gasteiger partial charge in [-0.15, -0.1) is 0 Å². The van der Waals surface area contributed by atoms with Gasteiger partial charge in [-0.3, -0.25) is 0 Å². The van der Waals surface area contributed by atoms with Gasteiger partial charge in [0.1, 0.15) is 0 Å². The fraction of sp³-hybridized carbons (Fsp3) is 0.357. The second-order valence-electron chi connectivity index (χ2n) is 4.20. The van der Waals surface area contributed by atoms with Gasteiger partial charge in [-0.1, -0.05) is 35.5 Å². The van der Waals surface area contributed by atoms with Crippen LogP contribution in [0, 0.1) is 6.92 Å². The second kappa shape index (κ2) is 6.21. The van der Waals surface area contributed by atoms with Crippen molar-refractivity contribution in [3.63, 3.8) is 0 Å². The highest BCUT2D eigenvalue weighted by molar-refractivity contribution is 5.14. The molecule has 0 bridgehead atoms. The summed E-state index contributed by atoms with van der Waals surface area (Å²) in [7, 11) is 0. The second-order valence-corrected chi connectivity index (χ2v) is 4.20. The smallest absolute Gasteiger partial charge is 0.150 e. The summed E-state index contributed by atoms with van der Waals surface area (Å²) >= 11 is 0. The number of aryl methyl sites for hydroxylation is 2. The number of nitrogens with zero attached hydrogens (tertiary/aromatic N) is 1. The van der Waals surface area contributed by atoms with E-state index in [4.69, 9.17) is 4.52 Å². The summed E-state index contributed by atoms with van der Waals surface area (Å²) in [5, 5.41) is 7.20. The van der Waals surface area contributed by atoms with Gasteiger partial charge in [0, 0.05) is 6.07 Å². The van der Waals surface area contributed by atoms with Crippen molar-refractivity contribution >= 4 is 0 Å². The summed E-state index contributed by atoms with van der Waals surface area (Å²) in [5.74, 6) is 0.905. The number of rotatable bonds is 6. The highest BCUT2D eigenvalue weighted by atomic mass is 16.5. The molecule has 3 nitrogen and oxygen atoms in total. The predicted octanol–water partition coefficient (Wildman–Crippen LogP) is 2.71. The highest BCUT2D eigenvalue weighted by Crippen LogP contribution is 2.03. The van der Waals surface area contributed by atoms with E-state index in [0.29, 0.717) is 0 Å². The Balaban J connectivity index is 1.61. The van der Waals surface area contributed by atoms with Gasteiger partial charge in [-0.2, -0.15) is 0 Å². The van der Waals surface area contributed by atoms with E-state index >= 15 is 0 Å². The predicted molar refractivity (Wildman–Crippen MR) is 67.7 cm³/mol. The molecule has 1 aromatic carbocycles. The molecule has 2 rings (SSSR count). The van der Waals surface area contributed by atoms with Crippen molar-refractivity contribution in [2.45, 2.75) is 26.3 Å². The Morgan fingerprint density at radius 1 is 1.24 bits per heavy atom. The van der Waals surface area contributed by atoms with Gasteiger partial charge < -0.3 is 9.84 Å². The topological polar surface area (TPSA) is 38.1 Å². The molecule has 3 heteroatoms. The molecule has 1 N–H and O–H groups in total. The summed E-state index contributed by atoms with van der Waals surface area (Å²) in [6.07, 6.45) is 2.25. The largest absolute Gasteiger partial charge is 0.360 e. The molecule has 0 saturated carbocycles. The Labute approximate surface area is 102 Å². The summed E-state index contributed by atoms with van der Waals surface area (Å²) in [4.78, 5) is 0. The van der Waals surface area contributed by atoms with Crippen LogP contribution in [0.4, 0.5) is 0 Å². The van der Waals surface area contributed by atoms with Gasteiger partial charge >= 0.3 is 0 Å². The lowest BCUT2D eigenvalue weighted by molar-refractivity contribution is 0.369. The van der Waals surface area contributed by atoms with Crippen LogP contribution in [-0.4, -0.2) is 11.7 Å². The van der Waals surface area contributed by atoms with E-state index in [1.165, 1.54) is 5.56 Å². The van der Waals surface area contributed by atoms with Gasteiger partial charge in [-0.05, 0) is 31.9 Å². The first-order valence-electron chi connectivity index (χ1n) is 6.01. The van der Waals surface area contributed by atoms with Crippen molar-refractivity contribution in [2.24, 2.45) is 0 Å². The molecule has 2 aromatic rings. The molecule has 17 heavy (non-hydrogen) atoms. The number of hydrogen-bond acceptors (Lipinski definition) is 3. The van der Waals surface area contributed by atoms with E-state index in [1.54, 1.807) is 0 Å². The van der Waals surface area contributed by atoms with Crippen LogP contribution in [0.5, 0.6) is 0 Å². The maximum absolute atomic E-state index is 5.12. The lowest BCUT2D eigenvalue weighted by Crippen LogP contribution is -2.14. The lowest BCUT2D eigenvalue weighted by Gasteiger charge is -2.02. The summed E-state index contributed by atoms with van der Waals surface area (Å²) in [6.45, 7) is 3.69. The monoisotopic (exact) mass is 230 g/mol. The maximum Gasteiger partial charge on any atom is 0.150 e. The highest BCUT2D eigenvalue weighted by Gasteiger charge is 1.99. The Morgan fingerprint density at radius 3 is 2.76 bits per heavy atom. The van der Waals surface area contributed by atoms with Crippen molar-refractivity contribution in [1.29, 1.82) is 0 Å². The third-order valence-corrected chi connectivity index (χ3v) is 2.64. The third kappa shape index (κ3) is 4.04. The first-order valence-corrected chi connectivity index (χ1v) is 6.01. The summed E-state index contributed by atoms with van der Waals surface area (Å²) < 4.78 is 5.12. The Hall–Kier alpha value is -1.61. The zero-order valence-corrected chi connectivity index (χ0v) is 10.1. The molecule has 0 fully saturated rings. The van der Waals surface area contributed by atoms with Crippen molar-refractivity contribution in [3.8, 4) is 0 Å². The van der Waals surface area contributed by atoms with Crippen LogP contribution in [0.1, 0.15) is 23.4 Å². The third-order valence-electron chi connectivity index (χ3n) is 2.64. The molecule has 0 spiro atoms. The fourth-order valence-corrected chi connectivity index (χ4v) is 1.77. The number of benzene rings is 1.